The van der Waals surface area contributed by atoms with Crippen molar-refractivity contribution in [3.05, 3.63) is 403 Å². The van der Waals surface area contributed by atoms with Gasteiger partial charge in [0.05, 0.1) is 0 Å². The fourth-order valence-electron chi connectivity index (χ4n) is 12.3. The molecule has 120 heavy (non-hydrogen) atoms. The van der Waals surface area contributed by atoms with Crippen molar-refractivity contribution in [1.29, 1.82) is 0 Å². The van der Waals surface area contributed by atoms with Crippen LogP contribution in [0.1, 0.15) is 239 Å². The molecule has 0 aliphatic heterocycles. The Kier molecular flexibility index (Phi) is 64.5. The number of aryl methyl sites for hydroxylation is 18. The first-order valence-electron chi connectivity index (χ1n) is 45.3. The first-order valence-corrected chi connectivity index (χ1v) is 45.3. The highest BCUT2D eigenvalue weighted by atomic mass is 14.1. The standard InChI is InChI=1S/C16H14.5C12H12.3C8H10.10C2H6/c1-11-3-7-15-13(9-11)5-6-14-10-12(2)4-8-16(14)15;1-9-3-5-12-8-10(2)4-6-11(12)7-9;1-9-3-5-11-6-4-10(2)8-12(11)7-9;1-9-5-3-8-12-10(2)6-4-7-11(9)12;1-9-7-10(2)12-6-4-3-5-11(12)8-9;1-9-7-8-10(2)12-6-4-3-5-11(9)12;1-7-3-5-8(2)6-4-7;1-7-4-3-5-8(2)6-7;1-7-5-3-4-6-8(7)2;10*1-2/h3-10H,1-2H3;5*3-8H,1-2H3;3*3-6H,1-2H3;10*1-2H3. The van der Waals surface area contributed by atoms with Crippen LogP contribution in [0, 0.1) is 125 Å². The third kappa shape index (κ3) is 41.8. The summed E-state index contributed by atoms with van der Waals surface area (Å²) >= 11 is 0. The molecule has 16 aromatic carbocycles. The van der Waals surface area contributed by atoms with E-state index in [1.165, 1.54) is 176 Å². The van der Waals surface area contributed by atoms with Crippen molar-refractivity contribution < 1.29 is 0 Å². The molecule has 0 nitrogen and oxygen atoms in total. The summed E-state index contributed by atoms with van der Waals surface area (Å²) in [5.74, 6) is 0. The fourth-order valence-corrected chi connectivity index (χ4v) is 12.3. The van der Waals surface area contributed by atoms with Crippen molar-refractivity contribution >= 4 is 75.4 Å². The van der Waals surface area contributed by atoms with Crippen LogP contribution in [0.4, 0.5) is 0 Å². The molecule has 0 radical (unpaired) electrons. The Balaban J connectivity index is -0.00000126. The van der Waals surface area contributed by atoms with Crippen LogP contribution in [-0.2, 0) is 0 Å². The van der Waals surface area contributed by atoms with Crippen LogP contribution in [0.15, 0.2) is 303 Å². The molecule has 644 valence electrons. The van der Waals surface area contributed by atoms with Gasteiger partial charge in [-0.3, -0.25) is 0 Å². The highest BCUT2D eigenvalue weighted by molar-refractivity contribution is 6.07. The Bertz CT molecular complexity index is 5010. The Hall–Kier alpha value is -10.7. The summed E-state index contributed by atoms with van der Waals surface area (Å²) in [5.41, 5.74) is 24.1. The molecule has 0 saturated heterocycles. The minimum atomic E-state index is 1.32. The molecule has 0 fully saturated rings. The van der Waals surface area contributed by atoms with Crippen molar-refractivity contribution in [3.8, 4) is 0 Å². The van der Waals surface area contributed by atoms with E-state index in [4.69, 9.17) is 0 Å². The normalized spacial score (nSPS) is 9.08. The summed E-state index contributed by atoms with van der Waals surface area (Å²) in [6.07, 6.45) is 0. The molecule has 0 amide bonds. The van der Waals surface area contributed by atoms with Crippen LogP contribution < -0.4 is 0 Å². The van der Waals surface area contributed by atoms with Gasteiger partial charge in [0.15, 0.2) is 0 Å². The van der Waals surface area contributed by atoms with E-state index in [-0.39, 0.29) is 0 Å². The molecular formula is C120H164. The Labute approximate surface area is 737 Å². The summed E-state index contributed by atoms with van der Waals surface area (Å²) in [6.45, 7) is 78.3. The van der Waals surface area contributed by atoms with E-state index in [1.807, 2.05) is 138 Å². The third-order valence-corrected chi connectivity index (χ3v) is 18.2. The molecule has 0 aliphatic rings. The molecular weight excluding hydrogens is 1440 g/mol. The van der Waals surface area contributed by atoms with Gasteiger partial charge in [0.2, 0.25) is 0 Å². The highest BCUT2D eigenvalue weighted by Crippen LogP contribution is 2.28. The van der Waals surface area contributed by atoms with Gasteiger partial charge in [-0.2, -0.15) is 0 Å². The van der Waals surface area contributed by atoms with Crippen molar-refractivity contribution in [3.63, 3.8) is 0 Å². The molecule has 0 N–H and O–H groups in total. The lowest BCUT2D eigenvalue weighted by atomic mass is 9.99. The largest absolute Gasteiger partial charge is 0.0683 e. The molecule has 0 saturated carbocycles. The maximum Gasteiger partial charge on any atom is -0.0105 e. The van der Waals surface area contributed by atoms with Gasteiger partial charge in [-0.25, -0.2) is 0 Å². The van der Waals surface area contributed by atoms with E-state index in [0.29, 0.717) is 0 Å². The summed E-state index contributed by atoms with van der Waals surface area (Å²) in [4.78, 5) is 0. The molecule has 0 unspecified atom stereocenters. The van der Waals surface area contributed by atoms with E-state index in [0.717, 1.165) is 0 Å². The zero-order valence-corrected chi connectivity index (χ0v) is 82.9. The zero-order chi connectivity index (χ0) is 91.8. The number of hydrogen-bond donors (Lipinski definition) is 0. The van der Waals surface area contributed by atoms with Crippen LogP contribution in [0.25, 0.3) is 75.4 Å². The number of benzene rings is 16. The Morgan fingerprint density at radius 3 is 0.642 bits per heavy atom. The Morgan fingerprint density at radius 1 is 0.100 bits per heavy atom. The van der Waals surface area contributed by atoms with Crippen molar-refractivity contribution in [1.82, 2.24) is 0 Å². The van der Waals surface area contributed by atoms with Crippen LogP contribution >= 0.6 is 0 Å². The minimum Gasteiger partial charge on any atom is -0.0683 e. The molecule has 0 aromatic heterocycles. The molecule has 0 heteroatoms. The number of fused-ring (bicyclic) bond motifs is 8. The van der Waals surface area contributed by atoms with E-state index >= 15 is 0 Å². The van der Waals surface area contributed by atoms with E-state index in [2.05, 4.69) is 428 Å². The van der Waals surface area contributed by atoms with Crippen LogP contribution in [0.2, 0.25) is 0 Å². The minimum absolute atomic E-state index is 1.32. The molecule has 0 bridgehead atoms. The summed E-state index contributed by atoms with van der Waals surface area (Å²) in [5, 5.41) is 18.9. The lowest BCUT2D eigenvalue weighted by Gasteiger charge is -2.05. The lowest BCUT2D eigenvalue weighted by molar-refractivity contribution is 1.34. The highest BCUT2D eigenvalue weighted by Gasteiger charge is 2.03. The molecule has 0 spiro atoms. The monoisotopic (exact) mass is 1610 g/mol. The fraction of sp³-hybridized carbons (Fsp3) is 0.317. The van der Waals surface area contributed by atoms with Gasteiger partial charge < -0.3 is 0 Å². The van der Waals surface area contributed by atoms with Gasteiger partial charge in [0.25, 0.3) is 0 Å². The first kappa shape index (κ1) is 113. The maximum absolute atomic E-state index is 2.24. The number of rotatable bonds is 0. The molecule has 0 atom stereocenters. The third-order valence-electron chi connectivity index (χ3n) is 18.2. The molecule has 16 aromatic rings. The van der Waals surface area contributed by atoms with Gasteiger partial charge in [0, 0.05) is 0 Å². The summed E-state index contributed by atoms with van der Waals surface area (Å²) in [7, 11) is 0. The van der Waals surface area contributed by atoms with E-state index in [9.17, 15) is 0 Å². The van der Waals surface area contributed by atoms with Crippen molar-refractivity contribution in [2.45, 2.75) is 263 Å². The molecule has 0 aliphatic carbocycles. The van der Waals surface area contributed by atoms with Crippen LogP contribution in [0.3, 0.4) is 0 Å². The summed E-state index contributed by atoms with van der Waals surface area (Å²) < 4.78 is 0. The first-order chi connectivity index (χ1) is 58.0. The van der Waals surface area contributed by atoms with Gasteiger partial charge in [-0.1, -0.05) is 503 Å². The zero-order valence-electron chi connectivity index (χ0n) is 82.9. The maximum atomic E-state index is 2.24. The van der Waals surface area contributed by atoms with Crippen LogP contribution in [0.5, 0.6) is 0 Å². The second-order valence-corrected chi connectivity index (χ2v) is 27.4. The van der Waals surface area contributed by atoms with Gasteiger partial charge in [-0.05, 0) is 239 Å². The molecule has 0 heterocycles. The average molecular weight is 1610 g/mol. The van der Waals surface area contributed by atoms with Gasteiger partial charge in [-0.15, -0.1) is 0 Å². The predicted molar refractivity (Wildman–Crippen MR) is 559 cm³/mol. The topological polar surface area (TPSA) is 0 Å². The smallest absolute Gasteiger partial charge is 0.0105 e. The average Bonchev–Trinajstić information content (AvgIpc) is 0.782. The predicted octanol–water partition coefficient (Wildman–Crippen LogP) is 39.1. The van der Waals surface area contributed by atoms with Crippen molar-refractivity contribution in [2.24, 2.45) is 0 Å². The summed E-state index contributed by atoms with van der Waals surface area (Å²) in [6, 6.07) is 108. The second-order valence-electron chi connectivity index (χ2n) is 27.4. The van der Waals surface area contributed by atoms with E-state index < -0.39 is 0 Å². The quantitative estimate of drug-likeness (QED) is 0.133. The van der Waals surface area contributed by atoms with E-state index in [1.54, 1.807) is 0 Å². The van der Waals surface area contributed by atoms with Crippen LogP contribution in [-0.4, -0.2) is 0 Å². The SMILES string of the molecule is CC.CC.CC.CC.CC.CC.CC.CC.CC.CC.Cc1cc(C)c2ccccc2c1.Cc1ccc(C)c2ccccc12.Cc1ccc(C)cc1.Cc1ccc2c(ccc3cc(C)ccc32)c1.Cc1ccc2cc(C)ccc2c1.Cc1ccc2ccc(C)cc2c1.Cc1cccc(C)c1.Cc1cccc2c(C)cccc12.Cc1ccccc1C. The lowest BCUT2D eigenvalue weighted by Crippen LogP contribution is -1.80. The Morgan fingerprint density at radius 2 is 0.317 bits per heavy atom. The van der Waals surface area contributed by atoms with Gasteiger partial charge >= 0.3 is 0 Å². The van der Waals surface area contributed by atoms with Gasteiger partial charge in [0.1, 0.15) is 0 Å². The van der Waals surface area contributed by atoms with Crippen molar-refractivity contribution in [2.75, 3.05) is 0 Å². The second kappa shape index (κ2) is 68.1. The number of hydrogen-bond acceptors (Lipinski definition) is 0. The molecule has 16 rings (SSSR count).